The van der Waals surface area contributed by atoms with Gasteiger partial charge in [0.05, 0.1) is 18.2 Å². The molecular weight excluding hydrogens is 210 g/mol. The summed E-state index contributed by atoms with van der Waals surface area (Å²) in [4.78, 5) is 11.4. The van der Waals surface area contributed by atoms with Crippen molar-refractivity contribution in [2.45, 2.75) is 34.0 Å². The molecule has 94 valence electrons. The van der Waals surface area contributed by atoms with Crippen LogP contribution in [-0.4, -0.2) is 37.8 Å². The van der Waals surface area contributed by atoms with Crippen molar-refractivity contribution in [3.63, 3.8) is 0 Å². The van der Waals surface area contributed by atoms with Crippen LogP contribution in [0.15, 0.2) is 0 Å². The van der Waals surface area contributed by atoms with Crippen LogP contribution in [0.2, 0.25) is 0 Å². The van der Waals surface area contributed by atoms with Crippen molar-refractivity contribution >= 4 is 11.7 Å². The zero-order valence-corrected chi connectivity index (χ0v) is 10.4. The van der Waals surface area contributed by atoms with Gasteiger partial charge in [-0.1, -0.05) is 0 Å². The lowest BCUT2D eigenvalue weighted by Gasteiger charge is -2.21. The average molecular weight is 231 g/mol. The van der Waals surface area contributed by atoms with Gasteiger partial charge < -0.3 is 19.6 Å². The molecule has 16 heavy (non-hydrogen) atoms. The van der Waals surface area contributed by atoms with Crippen LogP contribution in [0, 0.1) is 11.3 Å². The minimum atomic E-state index is -0.755. The van der Waals surface area contributed by atoms with Crippen molar-refractivity contribution < 1.29 is 19.0 Å². The number of nitrogens with one attached hydrogen (secondary N) is 1. The quantitative estimate of drug-likeness (QED) is 0.391. The molecule has 0 heterocycles. The molecule has 0 aromatic heterocycles. The fourth-order valence-electron chi connectivity index (χ4n) is 1.13. The highest BCUT2D eigenvalue weighted by molar-refractivity contribution is 6.01. The minimum absolute atomic E-state index is 0.0992. The first-order valence-electron chi connectivity index (χ1n) is 5.56. The first-order valence-corrected chi connectivity index (χ1v) is 5.56. The Balaban J connectivity index is 4.40. The number of hydrogen-bond donors (Lipinski definition) is 1. The van der Waals surface area contributed by atoms with E-state index in [4.69, 9.17) is 19.6 Å². The molecule has 0 bridgehead atoms. The molecule has 0 amide bonds. The van der Waals surface area contributed by atoms with Crippen molar-refractivity contribution in [2.75, 3.05) is 19.8 Å². The molecule has 1 unspecified atom stereocenters. The Morgan fingerprint density at radius 1 is 1.12 bits per heavy atom. The van der Waals surface area contributed by atoms with E-state index in [-0.39, 0.29) is 5.71 Å². The third kappa shape index (κ3) is 4.72. The summed E-state index contributed by atoms with van der Waals surface area (Å²) < 4.78 is 15.3. The van der Waals surface area contributed by atoms with Crippen molar-refractivity contribution in [3.05, 3.63) is 0 Å². The van der Waals surface area contributed by atoms with Gasteiger partial charge in [0, 0.05) is 13.2 Å². The summed E-state index contributed by atoms with van der Waals surface area (Å²) in [5, 5.41) is 7.82. The van der Waals surface area contributed by atoms with Gasteiger partial charge in [-0.05, 0) is 27.7 Å². The molecule has 0 spiro atoms. The van der Waals surface area contributed by atoms with Gasteiger partial charge in [-0.2, -0.15) is 0 Å². The van der Waals surface area contributed by atoms with Crippen LogP contribution in [0.4, 0.5) is 0 Å². The van der Waals surface area contributed by atoms with E-state index < -0.39 is 18.2 Å². The molecule has 5 nitrogen and oxygen atoms in total. The van der Waals surface area contributed by atoms with Crippen LogP contribution in [0.5, 0.6) is 0 Å². The number of esters is 1. The second kappa shape index (κ2) is 8.24. The number of carbonyl (C=O) groups is 1. The predicted octanol–water partition coefficient (Wildman–Crippen LogP) is 1.60. The summed E-state index contributed by atoms with van der Waals surface area (Å²) in [7, 11) is 0. The summed E-state index contributed by atoms with van der Waals surface area (Å²) in [6.07, 6.45) is -0.755. The monoisotopic (exact) mass is 231 g/mol. The maximum atomic E-state index is 11.4. The molecule has 0 fully saturated rings. The molecule has 0 saturated carbocycles. The largest absolute Gasteiger partial charge is 0.465 e. The highest BCUT2D eigenvalue weighted by Crippen LogP contribution is 2.09. The highest BCUT2D eigenvalue weighted by Gasteiger charge is 2.26. The molecule has 0 aliphatic carbocycles. The van der Waals surface area contributed by atoms with Gasteiger partial charge in [-0.3, -0.25) is 4.79 Å². The van der Waals surface area contributed by atoms with Gasteiger partial charge in [-0.25, -0.2) is 0 Å². The van der Waals surface area contributed by atoms with E-state index >= 15 is 0 Å². The van der Waals surface area contributed by atoms with Crippen LogP contribution >= 0.6 is 0 Å². The lowest BCUT2D eigenvalue weighted by Crippen LogP contribution is -2.35. The molecule has 1 atom stereocenters. The molecule has 0 rings (SSSR count). The second-order valence-corrected chi connectivity index (χ2v) is 3.17. The Morgan fingerprint density at radius 2 is 1.62 bits per heavy atom. The lowest BCUT2D eigenvalue weighted by atomic mass is 10.1. The lowest BCUT2D eigenvalue weighted by molar-refractivity contribution is -0.146. The number of hydrogen-bond acceptors (Lipinski definition) is 5. The van der Waals surface area contributed by atoms with Gasteiger partial charge in [0.2, 0.25) is 0 Å². The summed E-state index contributed by atoms with van der Waals surface area (Å²) in [6, 6.07) is 0. The first-order chi connectivity index (χ1) is 7.58. The number of ether oxygens (including phenoxy) is 3. The Kier molecular flexibility index (Phi) is 7.76. The van der Waals surface area contributed by atoms with Crippen molar-refractivity contribution in [1.82, 2.24) is 0 Å². The predicted molar refractivity (Wildman–Crippen MR) is 60.6 cm³/mol. The Morgan fingerprint density at radius 3 is 2.00 bits per heavy atom. The average Bonchev–Trinajstić information content (AvgIpc) is 2.27. The van der Waals surface area contributed by atoms with E-state index in [1.54, 1.807) is 13.8 Å². The SMILES string of the molecule is CCOC(=O)C(C)C(=N)C(OCC)OCC. The smallest absolute Gasteiger partial charge is 0.314 e. The second-order valence-electron chi connectivity index (χ2n) is 3.17. The molecule has 1 N–H and O–H groups in total. The fourth-order valence-corrected chi connectivity index (χ4v) is 1.13. The number of carbonyl (C=O) groups excluding carboxylic acids is 1. The molecule has 0 aromatic carbocycles. The summed E-state index contributed by atoms with van der Waals surface area (Å²) in [6.45, 7) is 8.15. The van der Waals surface area contributed by atoms with Crippen molar-refractivity contribution in [3.8, 4) is 0 Å². The van der Waals surface area contributed by atoms with Crippen LogP contribution < -0.4 is 0 Å². The van der Waals surface area contributed by atoms with Crippen LogP contribution in [0.3, 0.4) is 0 Å². The Bertz CT molecular complexity index is 224. The van der Waals surface area contributed by atoms with E-state index in [0.29, 0.717) is 19.8 Å². The van der Waals surface area contributed by atoms with Gasteiger partial charge in [0.25, 0.3) is 0 Å². The maximum Gasteiger partial charge on any atom is 0.314 e. The fraction of sp³-hybridized carbons (Fsp3) is 0.818. The van der Waals surface area contributed by atoms with Gasteiger partial charge >= 0.3 is 5.97 Å². The minimum Gasteiger partial charge on any atom is -0.465 e. The summed E-state index contributed by atoms with van der Waals surface area (Å²) >= 11 is 0. The zero-order chi connectivity index (χ0) is 12.6. The Hall–Kier alpha value is -0.940. The van der Waals surface area contributed by atoms with E-state index in [1.165, 1.54) is 0 Å². The van der Waals surface area contributed by atoms with Crippen LogP contribution in [0.1, 0.15) is 27.7 Å². The summed E-state index contributed by atoms with van der Waals surface area (Å²) in [5.41, 5.74) is 0.0992. The van der Waals surface area contributed by atoms with Crippen molar-refractivity contribution in [2.24, 2.45) is 5.92 Å². The first kappa shape index (κ1) is 15.1. The third-order valence-electron chi connectivity index (χ3n) is 2.00. The molecule has 5 heteroatoms. The van der Waals surface area contributed by atoms with E-state index in [2.05, 4.69) is 0 Å². The van der Waals surface area contributed by atoms with Gasteiger partial charge in [-0.15, -0.1) is 0 Å². The molecule has 0 aliphatic rings. The van der Waals surface area contributed by atoms with Crippen molar-refractivity contribution in [1.29, 1.82) is 5.41 Å². The molecule has 0 aromatic rings. The van der Waals surface area contributed by atoms with Gasteiger partial charge in [0.1, 0.15) is 0 Å². The molecule has 0 aliphatic heterocycles. The van der Waals surface area contributed by atoms with E-state index in [1.807, 2.05) is 13.8 Å². The topological polar surface area (TPSA) is 68.6 Å². The molecular formula is C11H21NO4. The maximum absolute atomic E-state index is 11.4. The van der Waals surface area contributed by atoms with E-state index in [0.717, 1.165) is 0 Å². The van der Waals surface area contributed by atoms with E-state index in [9.17, 15) is 4.79 Å². The molecule has 0 saturated heterocycles. The van der Waals surface area contributed by atoms with Crippen LogP contribution in [0.25, 0.3) is 0 Å². The zero-order valence-electron chi connectivity index (χ0n) is 10.4. The highest BCUT2D eigenvalue weighted by atomic mass is 16.7. The van der Waals surface area contributed by atoms with Gasteiger partial charge in [0.15, 0.2) is 6.29 Å². The number of rotatable bonds is 8. The summed E-state index contributed by atoms with van der Waals surface area (Å²) in [5.74, 6) is -1.06. The normalized spacial score (nSPS) is 12.6. The Labute approximate surface area is 96.6 Å². The standard InChI is InChI=1S/C11H21NO4/c1-5-14-10(13)8(4)9(12)11(15-6-2)16-7-3/h8,11-12H,5-7H2,1-4H3. The van der Waals surface area contributed by atoms with Crippen LogP contribution in [-0.2, 0) is 19.0 Å². The molecule has 0 radical (unpaired) electrons. The third-order valence-corrected chi connectivity index (χ3v) is 2.00.